The summed E-state index contributed by atoms with van der Waals surface area (Å²) in [7, 11) is 1.87. The maximum atomic E-state index is 11.6. The van der Waals surface area contributed by atoms with Crippen LogP contribution in [0.15, 0.2) is 0 Å². The number of halogens is 1. The van der Waals surface area contributed by atoms with E-state index in [1.165, 1.54) is 12.8 Å². The summed E-state index contributed by atoms with van der Waals surface area (Å²) in [5.74, 6) is 0.785. The van der Waals surface area contributed by atoms with Gasteiger partial charge in [0.25, 0.3) is 0 Å². The summed E-state index contributed by atoms with van der Waals surface area (Å²) in [5.41, 5.74) is 0.450. The van der Waals surface area contributed by atoms with Gasteiger partial charge in [0, 0.05) is 19.0 Å². The topological polar surface area (TPSA) is 41.1 Å². The van der Waals surface area contributed by atoms with E-state index in [1.807, 2.05) is 7.05 Å². The second kappa shape index (κ2) is 7.22. The molecular formula is C13H27ClN2O. The van der Waals surface area contributed by atoms with Crippen molar-refractivity contribution in [2.24, 2.45) is 11.3 Å². The van der Waals surface area contributed by atoms with Crippen LogP contribution in [0.3, 0.4) is 0 Å². The van der Waals surface area contributed by atoms with Gasteiger partial charge in [0.2, 0.25) is 5.91 Å². The standard InChI is InChI=1S/C13H26N2O.ClH/c1-10-9-13(2,3)7-5-11(10)15-12(16)6-8-14-4;/h10-11,14H,5-9H2,1-4H3,(H,15,16);1H. The van der Waals surface area contributed by atoms with Gasteiger partial charge in [-0.15, -0.1) is 12.4 Å². The molecule has 0 spiro atoms. The third-order valence-electron chi connectivity index (χ3n) is 3.64. The van der Waals surface area contributed by atoms with Gasteiger partial charge in [0.05, 0.1) is 0 Å². The molecule has 17 heavy (non-hydrogen) atoms. The van der Waals surface area contributed by atoms with Crippen molar-refractivity contribution in [1.82, 2.24) is 10.6 Å². The van der Waals surface area contributed by atoms with E-state index in [9.17, 15) is 4.79 Å². The van der Waals surface area contributed by atoms with Crippen molar-refractivity contribution in [2.75, 3.05) is 13.6 Å². The van der Waals surface area contributed by atoms with Crippen LogP contribution in [0.2, 0.25) is 0 Å². The zero-order valence-corrected chi connectivity index (χ0v) is 12.3. The number of hydrogen-bond acceptors (Lipinski definition) is 2. The number of nitrogens with one attached hydrogen (secondary N) is 2. The lowest BCUT2D eigenvalue weighted by molar-refractivity contribution is -0.122. The van der Waals surface area contributed by atoms with Crippen LogP contribution in [0.1, 0.15) is 46.5 Å². The van der Waals surface area contributed by atoms with Gasteiger partial charge in [-0.25, -0.2) is 0 Å². The highest BCUT2D eigenvalue weighted by molar-refractivity contribution is 5.85. The summed E-state index contributed by atoms with van der Waals surface area (Å²) in [4.78, 5) is 11.6. The summed E-state index contributed by atoms with van der Waals surface area (Å²) in [6.45, 7) is 7.66. The van der Waals surface area contributed by atoms with Gasteiger partial charge in [0.15, 0.2) is 0 Å². The van der Waals surface area contributed by atoms with Crippen molar-refractivity contribution in [3.05, 3.63) is 0 Å². The van der Waals surface area contributed by atoms with E-state index >= 15 is 0 Å². The molecule has 4 heteroatoms. The second-order valence-electron chi connectivity index (χ2n) is 5.91. The van der Waals surface area contributed by atoms with Crippen molar-refractivity contribution in [1.29, 1.82) is 0 Å². The Morgan fingerprint density at radius 1 is 1.41 bits per heavy atom. The Labute approximate surface area is 112 Å². The van der Waals surface area contributed by atoms with Crippen molar-refractivity contribution in [3.63, 3.8) is 0 Å². The Kier molecular flexibility index (Phi) is 7.10. The molecule has 0 aromatic heterocycles. The minimum Gasteiger partial charge on any atom is -0.353 e. The molecule has 1 amide bonds. The molecule has 0 heterocycles. The van der Waals surface area contributed by atoms with Gasteiger partial charge < -0.3 is 10.6 Å². The molecule has 0 bridgehead atoms. The summed E-state index contributed by atoms with van der Waals surface area (Å²) < 4.78 is 0. The molecule has 1 fully saturated rings. The quantitative estimate of drug-likeness (QED) is 0.817. The van der Waals surface area contributed by atoms with Crippen LogP contribution in [0, 0.1) is 11.3 Å². The molecule has 2 unspecified atom stereocenters. The van der Waals surface area contributed by atoms with Gasteiger partial charge in [-0.05, 0) is 37.6 Å². The van der Waals surface area contributed by atoms with Crippen LogP contribution < -0.4 is 10.6 Å². The Morgan fingerprint density at radius 2 is 2.06 bits per heavy atom. The van der Waals surface area contributed by atoms with Crippen molar-refractivity contribution in [2.45, 2.75) is 52.5 Å². The number of hydrogen-bond donors (Lipinski definition) is 2. The molecule has 1 rings (SSSR count). The van der Waals surface area contributed by atoms with Gasteiger partial charge in [-0.2, -0.15) is 0 Å². The fourth-order valence-corrected chi connectivity index (χ4v) is 2.68. The maximum absolute atomic E-state index is 11.6. The van der Waals surface area contributed by atoms with Crippen molar-refractivity contribution in [3.8, 4) is 0 Å². The van der Waals surface area contributed by atoms with Crippen molar-refractivity contribution >= 4 is 18.3 Å². The molecule has 1 aliphatic carbocycles. The molecule has 1 aliphatic rings. The van der Waals surface area contributed by atoms with E-state index < -0.39 is 0 Å². The first-order chi connectivity index (χ1) is 7.44. The van der Waals surface area contributed by atoms with Gasteiger partial charge >= 0.3 is 0 Å². The summed E-state index contributed by atoms with van der Waals surface area (Å²) >= 11 is 0. The highest BCUT2D eigenvalue weighted by atomic mass is 35.5. The smallest absolute Gasteiger partial charge is 0.221 e. The molecule has 0 radical (unpaired) electrons. The third-order valence-corrected chi connectivity index (χ3v) is 3.64. The zero-order valence-electron chi connectivity index (χ0n) is 11.5. The lowest BCUT2D eigenvalue weighted by Crippen LogP contribution is -2.44. The van der Waals surface area contributed by atoms with Crippen LogP contribution >= 0.6 is 12.4 Å². The normalized spacial score (nSPS) is 27.1. The Balaban J connectivity index is 0.00000256. The molecule has 0 aliphatic heterocycles. The average molecular weight is 263 g/mol. The average Bonchev–Trinajstić information content (AvgIpc) is 2.18. The molecule has 2 atom stereocenters. The molecule has 0 saturated heterocycles. The number of amides is 1. The van der Waals surface area contributed by atoms with Crippen molar-refractivity contribution < 1.29 is 4.79 Å². The van der Waals surface area contributed by atoms with Crippen LogP contribution in [0.4, 0.5) is 0 Å². The first-order valence-corrected chi connectivity index (χ1v) is 6.38. The first-order valence-electron chi connectivity index (χ1n) is 6.38. The van der Waals surface area contributed by atoms with Gasteiger partial charge in [-0.3, -0.25) is 4.79 Å². The molecule has 2 N–H and O–H groups in total. The van der Waals surface area contributed by atoms with Crippen LogP contribution in [-0.4, -0.2) is 25.5 Å². The molecule has 1 saturated carbocycles. The number of rotatable bonds is 4. The maximum Gasteiger partial charge on any atom is 0.221 e. The molecule has 0 aromatic rings. The first kappa shape index (κ1) is 16.7. The van der Waals surface area contributed by atoms with E-state index in [0.717, 1.165) is 13.0 Å². The summed E-state index contributed by atoms with van der Waals surface area (Å²) in [5, 5.41) is 6.16. The Hall–Kier alpha value is -0.280. The number of carbonyl (C=O) groups excluding carboxylic acids is 1. The molecule has 102 valence electrons. The minimum absolute atomic E-state index is 0. The lowest BCUT2D eigenvalue weighted by atomic mass is 9.70. The van der Waals surface area contributed by atoms with E-state index in [4.69, 9.17) is 0 Å². The molecule has 0 aromatic carbocycles. The van der Waals surface area contributed by atoms with E-state index in [1.54, 1.807) is 0 Å². The predicted octanol–water partition coefficient (Wildman–Crippen LogP) is 2.35. The molecule has 3 nitrogen and oxygen atoms in total. The molecular weight excluding hydrogens is 236 g/mol. The van der Waals surface area contributed by atoms with E-state index in [-0.39, 0.29) is 18.3 Å². The number of carbonyl (C=O) groups is 1. The fraction of sp³-hybridized carbons (Fsp3) is 0.923. The van der Waals surface area contributed by atoms with Gasteiger partial charge in [-0.1, -0.05) is 20.8 Å². The minimum atomic E-state index is 0. The second-order valence-corrected chi connectivity index (χ2v) is 5.91. The zero-order chi connectivity index (χ0) is 12.2. The SMILES string of the molecule is CNCCC(=O)NC1CCC(C)(C)CC1C.Cl. The van der Waals surface area contributed by atoms with E-state index in [0.29, 0.717) is 23.8 Å². The highest BCUT2D eigenvalue weighted by Gasteiger charge is 2.32. The van der Waals surface area contributed by atoms with E-state index in [2.05, 4.69) is 31.4 Å². The monoisotopic (exact) mass is 262 g/mol. The Bertz CT molecular complexity index is 244. The summed E-state index contributed by atoms with van der Waals surface area (Å²) in [6, 6.07) is 0.386. The largest absolute Gasteiger partial charge is 0.353 e. The third kappa shape index (κ3) is 5.73. The van der Waals surface area contributed by atoms with Crippen LogP contribution in [-0.2, 0) is 4.79 Å². The Morgan fingerprint density at radius 3 is 2.59 bits per heavy atom. The highest BCUT2D eigenvalue weighted by Crippen LogP contribution is 2.38. The predicted molar refractivity (Wildman–Crippen MR) is 74.5 cm³/mol. The van der Waals surface area contributed by atoms with Crippen LogP contribution in [0.25, 0.3) is 0 Å². The fourth-order valence-electron chi connectivity index (χ4n) is 2.68. The van der Waals surface area contributed by atoms with Gasteiger partial charge in [0.1, 0.15) is 0 Å². The lowest BCUT2D eigenvalue weighted by Gasteiger charge is -2.39. The summed E-state index contributed by atoms with van der Waals surface area (Å²) in [6.07, 6.45) is 4.14. The van der Waals surface area contributed by atoms with Crippen LogP contribution in [0.5, 0.6) is 0 Å².